The molecule has 0 aromatic rings. The third-order valence-electron chi connectivity index (χ3n) is 0.465. The molecule has 57 valence electrons. The van der Waals surface area contributed by atoms with Gasteiger partial charge in [0.25, 0.3) is 0 Å². The van der Waals surface area contributed by atoms with E-state index < -0.39 is 9.84 Å². The van der Waals surface area contributed by atoms with E-state index in [1.807, 2.05) is 0 Å². The van der Waals surface area contributed by atoms with Crippen LogP contribution in [-0.2, 0) is 9.84 Å². The van der Waals surface area contributed by atoms with Crippen LogP contribution in [0.5, 0.6) is 0 Å². The summed E-state index contributed by atoms with van der Waals surface area (Å²) in [6.07, 6.45) is 1.50. The van der Waals surface area contributed by atoms with Crippen LogP contribution in [-0.4, -0.2) is 8.42 Å². The maximum atomic E-state index is 10.1. The first kappa shape index (κ1) is 11.9. The van der Waals surface area contributed by atoms with E-state index in [2.05, 4.69) is 26.7 Å². The lowest BCUT2D eigenvalue weighted by atomic mass is 10.8. The van der Waals surface area contributed by atoms with Gasteiger partial charge in [0, 0.05) is 10.8 Å². The van der Waals surface area contributed by atoms with Gasteiger partial charge in [0.1, 0.15) is 0 Å². The Morgan fingerprint density at radius 3 is 1.20 bits per heavy atom. The molecule has 2 nitrogen and oxygen atoms in total. The molecule has 0 fully saturated rings. The standard InChI is InChI=1S/C4H6O2S.C3H5/c1-3-7(5,6)4-2;1-3-2/h3-4H,1-2H2;3H,1-2H2. The second-order valence-electron chi connectivity index (χ2n) is 1.21. The van der Waals surface area contributed by atoms with E-state index >= 15 is 0 Å². The van der Waals surface area contributed by atoms with Crippen LogP contribution >= 0.6 is 0 Å². The number of hydrogen-bond acceptors (Lipinski definition) is 2. The van der Waals surface area contributed by atoms with Crippen LogP contribution in [0.3, 0.4) is 0 Å². The average Bonchev–Trinajstić information content (AvgIpc) is 1.90. The molecule has 0 N–H and O–H groups in total. The zero-order valence-electron chi connectivity index (χ0n) is 5.79. The number of hydrogen-bond donors (Lipinski definition) is 0. The molecule has 0 aromatic heterocycles. The highest BCUT2D eigenvalue weighted by Gasteiger charge is 1.90. The second kappa shape index (κ2) is 6.29. The van der Waals surface area contributed by atoms with Crippen LogP contribution in [0.2, 0.25) is 0 Å². The molecular weight excluding hydrogens is 148 g/mol. The summed E-state index contributed by atoms with van der Waals surface area (Å²) in [5.74, 6) is 0. The van der Waals surface area contributed by atoms with Crippen molar-refractivity contribution < 1.29 is 8.42 Å². The van der Waals surface area contributed by atoms with Gasteiger partial charge in [-0.2, -0.15) is 0 Å². The largest absolute Gasteiger partial charge is 0.220 e. The molecule has 0 bridgehead atoms. The van der Waals surface area contributed by atoms with Gasteiger partial charge in [0.05, 0.1) is 0 Å². The van der Waals surface area contributed by atoms with E-state index in [-0.39, 0.29) is 0 Å². The van der Waals surface area contributed by atoms with Crippen molar-refractivity contribution in [2.45, 2.75) is 0 Å². The number of rotatable bonds is 2. The van der Waals surface area contributed by atoms with Crippen molar-refractivity contribution in [1.82, 2.24) is 0 Å². The van der Waals surface area contributed by atoms with Gasteiger partial charge in [-0.3, -0.25) is 0 Å². The summed E-state index contributed by atoms with van der Waals surface area (Å²) in [5.41, 5.74) is 0. The zero-order chi connectivity index (χ0) is 8.62. The summed E-state index contributed by atoms with van der Waals surface area (Å²) in [5, 5.41) is 1.69. The topological polar surface area (TPSA) is 34.1 Å². The summed E-state index contributed by atoms with van der Waals surface area (Å²) in [7, 11) is -3.13. The van der Waals surface area contributed by atoms with Crippen molar-refractivity contribution in [3.05, 3.63) is 43.6 Å². The molecule has 0 atom stereocenters. The second-order valence-corrected chi connectivity index (χ2v) is 3.06. The quantitative estimate of drug-likeness (QED) is 0.614. The van der Waals surface area contributed by atoms with Crippen LogP contribution < -0.4 is 0 Å². The smallest absolute Gasteiger partial charge is 0.191 e. The van der Waals surface area contributed by atoms with Gasteiger partial charge in [0.15, 0.2) is 9.84 Å². The van der Waals surface area contributed by atoms with Crippen LogP contribution in [0.15, 0.2) is 36.6 Å². The highest BCUT2D eigenvalue weighted by Crippen LogP contribution is 1.87. The van der Waals surface area contributed by atoms with E-state index in [4.69, 9.17) is 0 Å². The van der Waals surface area contributed by atoms with E-state index in [0.29, 0.717) is 0 Å². The molecule has 0 aliphatic heterocycles. The Kier molecular flexibility index (Phi) is 7.49. The van der Waals surface area contributed by atoms with Gasteiger partial charge in [0.2, 0.25) is 0 Å². The Balaban J connectivity index is 0. The van der Waals surface area contributed by atoms with E-state index in [1.54, 1.807) is 0 Å². The van der Waals surface area contributed by atoms with Gasteiger partial charge in [-0.1, -0.05) is 19.2 Å². The summed E-state index contributed by atoms with van der Waals surface area (Å²) in [4.78, 5) is 0. The fourth-order valence-corrected chi connectivity index (χ4v) is 0.204. The predicted octanol–water partition coefficient (Wildman–Crippen LogP) is 1.69. The first-order valence-electron chi connectivity index (χ1n) is 2.44. The van der Waals surface area contributed by atoms with Crippen molar-refractivity contribution in [1.29, 1.82) is 0 Å². The van der Waals surface area contributed by atoms with E-state index in [1.165, 1.54) is 6.08 Å². The minimum absolute atomic E-state index is 0.847. The molecule has 0 amide bonds. The Labute approximate surface area is 62.5 Å². The molecule has 0 aromatic carbocycles. The summed E-state index contributed by atoms with van der Waals surface area (Å²) >= 11 is 0. The van der Waals surface area contributed by atoms with Gasteiger partial charge in [-0.05, 0) is 6.92 Å². The summed E-state index contributed by atoms with van der Waals surface area (Å²) in [6, 6.07) is 0. The Bertz CT molecular complexity index is 186. The molecule has 0 aliphatic carbocycles. The molecule has 3 heteroatoms. The number of allylic oxidation sites excluding steroid dienone is 1. The van der Waals surface area contributed by atoms with Crippen LogP contribution in [0, 0.1) is 6.92 Å². The fourth-order valence-electron chi connectivity index (χ4n) is 0.0680. The molecular formula is C7H11O2S. The fraction of sp³-hybridized carbons (Fsp3) is 0. The predicted molar refractivity (Wildman–Crippen MR) is 44.9 cm³/mol. The first-order chi connectivity index (χ1) is 4.54. The Hall–Kier alpha value is -0.830. The third kappa shape index (κ3) is 10.2. The molecule has 0 saturated carbocycles. The molecule has 0 heterocycles. The molecule has 10 heavy (non-hydrogen) atoms. The SMILES string of the molecule is C=CS(=O)(=O)C=C.[CH2]C=C. The van der Waals surface area contributed by atoms with Crippen LogP contribution in [0.4, 0.5) is 0 Å². The third-order valence-corrected chi connectivity index (χ3v) is 1.39. The van der Waals surface area contributed by atoms with Gasteiger partial charge in [-0.15, -0.1) is 6.58 Å². The van der Waals surface area contributed by atoms with Crippen molar-refractivity contribution in [2.24, 2.45) is 0 Å². The molecule has 1 radical (unpaired) electrons. The lowest BCUT2D eigenvalue weighted by molar-refractivity contribution is 0.613. The van der Waals surface area contributed by atoms with Crippen LogP contribution in [0.25, 0.3) is 0 Å². The minimum Gasteiger partial charge on any atom is -0.220 e. The normalized spacial score (nSPS) is 8.50. The van der Waals surface area contributed by atoms with Gasteiger partial charge < -0.3 is 0 Å². The monoisotopic (exact) mass is 159 g/mol. The molecule has 0 saturated heterocycles. The van der Waals surface area contributed by atoms with Crippen molar-refractivity contribution in [2.75, 3.05) is 0 Å². The Morgan fingerprint density at radius 1 is 1.00 bits per heavy atom. The minimum atomic E-state index is -3.13. The van der Waals surface area contributed by atoms with Gasteiger partial charge in [-0.25, -0.2) is 8.42 Å². The molecule has 0 spiro atoms. The van der Waals surface area contributed by atoms with Crippen molar-refractivity contribution in [3.8, 4) is 0 Å². The number of sulfone groups is 1. The van der Waals surface area contributed by atoms with Crippen molar-refractivity contribution in [3.63, 3.8) is 0 Å². The molecule has 0 aliphatic rings. The van der Waals surface area contributed by atoms with E-state index in [9.17, 15) is 8.42 Å². The average molecular weight is 159 g/mol. The van der Waals surface area contributed by atoms with Gasteiger partial charge >= 0.3 is 0 Å². The highest BCUT2D eigenvalue weighted by atomic mass is 32.2. The Morgan fingerprint density at radius 2 is 1.20 bits per heavy atom. The lowest BCUT2D eigenvalue weighted by Crippen LogP contribution is -1.83. The molecule has 0 rings (SSSR count). The molecule has 0 unspecified atom stereocenters. The maximum Gasteiger partial charge on any atom is 0.191 e. The maximum absolute atomic E-state index is 10.1. The van der Waals surface area contributed by atoms with E-state index in [0.717, 1.165) is 10.8 Å². The van der Waals surface area contributed by atoms with Crippen LogP contribution in [0.1, 0.15) is 0 Å². The van der Waals surface area contributed by atoms with Crippen molar-refractivity contribution >= 4 is 9.84 Å². The highest BCUT2D eigenvalue weighted by molar-refractivity contribution is 7.97. The summed E-state index contributed by atoms with van der Waals surface area (Å²) in [6.45, 7) is 12.6. The summed E-state index contributed by atoms with van der Waals surface area (Å²) < 4.78 is 20.3. The first-order valence-corrected chi connectivity index (χ1v) is 4.05. The lowest BCUT2D eigenvalue weighted by Gasteiger charge is -1.78. The zero-order valence-corrected chi connectivity index (χ0v) is 6.60.